The number of fused-ring (bicyclic) bond motifs is 1. The number of benzene rings is 1. The van der Waals surface area contributed by atoms with E-state index in [0.717, 1.165) is 28.2 Å². The zero-order chi connectivity index (χ0) is 26.0. The molecular weight excluding hydrogens is 540 g/mol. The van der Waals surface area contributed by atoms with Crippen LogP contribution in [-0.4, -0.2) is 64.9 Å². The number of nitrogens with zero attached hydrogens (tertiary/aromatic N) is 4. The third-order valence-corrected chi connectivity index (χ3v) is 9.50. The highest BCUT2D eigenvalue weighted by Gasteiger charge is 2.37. The van der Waals surface area contributed by atoms with Crippen molar-refractivity contribution in [3.8, 4) is 11.3 Å². The lowest BCUT2D eigenvalue weighted by molar-refractivity contribution is 0.327. The first-order valence-corrected chi connectivity index (χ1v) is 14.3. The smallest absolute Gasteiger partial charge is 0.222 e. The number of anilines is 1. The molecule has 0 aliphatic carbocycles. The number of alkyl halides is 1. The van der Waals surface area contributed by atoms with E-state index in [4.69, 9.17) is 39.8 Å². The van der Waals surface area contributed by atoms with Crippen molar-refractivity contribution in [2.75, 3.05) is 18.4 Å². The summed E-state index contributed by atoms with van der Waals surface area (Å²) >= 11 is 18.7. The molecule has 1 saturated heterocycles. The van der Waals surface area contributed by atoms with Crippen LogP contribution in [0.1, 0.15) is 19.8 Å². The molecule has 1 aliphatic rings. The predicted octanol–water partition coefficient (Wildman–Crippen LogP) is 3.82. The lowest BCUT2D eigenvalue weighted by Crippen LogP contribution is -2.47. The molecule has 0 saturated carbocycles. The van der Waals surface area contributed by atoms with Crippen LogP contribution in [0.4, 0.5) is 5.82 Å². The number of aromatic nitrogens is 3. The van der Waals surface area contributed by atoms with Gasteiger partial charge in [0.2, 0.25) is 10.0 Å². The first-order valence-electron chi connectivity index (χ1n) is 11.6. The molecule has 12 heteroatoms. The van der Waals surface area contributed by atoms with E-state index in [2.05, 4.69) is 17.0 Å². The van der Waals surface area contributed by atoms with E-state index in [1.54, 1.807) is 17.6 Å². The molecule has 190 valence electrons. The zero-order valence-electron chi connectivity index (χ0n) is 20.0. The topological polar surface area (TPSA) is 79.6 Å². The SMILES string of the molecule is Bc1cnn2c(NC3CCN(S(=O)(=O)C(/C=C(\C)Cl)C(Cl)C=C)CC3)cc(-c3ccccc3Cl)nc12. The van der Waals surface area contributed by atoms with Crippen LogP contribution in [0.2, 0.25) is 5.02 Å². The van der Waals surface area contributed by atoms with Crippen LogP contribution in [0.25, 0.3) is 16.9 Å². The summed E-state index contributed by atoms with van der Waals surface area (Å²) in [6.07, 6.45) is 5.90. The van der Waals surface area contributed by atoms with E-state index < -0.39 is 20.7 Å². The number of sulfonamides is 1. The second-order valence-electron chi connectivity index (χ2n) is 8.83. The molecule has 1 aliphatic heterocycles. The summed E-state index contributed by atoms with van der Waals surface area (Å²) in [6.45, 7) is 6.00. The van der Waals surface area contributed by atoms with Gasteiger partial charge in [-0.25, -0.2) is 17.7 Å². The maximum Gasteiger partial charge on any atom is 0.222 e. The van der Waals surface area contributed by atoms with Gasteiger partial charge in [-0.05, 0) is 37.4 Å². The Morgan fingerprint density at radius 3 is 2.64 bits per heavy atom. The van der Waals surface area contributed by atoms with Crippen LogP contribution in [0.5, 0.6) is 0 Å². The van der Waals surface area contributed by atoms with Gasteiger partial charge in [0.05, 0.1) is 11.1 Å². The molecule has 36 heavy (non-hydrogen) atoms. The zero-order valence-corrected chi connectivity index (χ0v) is 23.1. The van der Waals surface area contributed by atoms with Crippen molar-refractivity contribution in [2.24, 2.45) is 0 Å². The van der Waals surface area contributed by atoms with Crippen LogP contribution < -0.4 is 10.8 Å². The van der Waals surface area contributed by atoms with Crippen LogP contribution in [-0.2, 0) is 10.0 Å². The summed E-state index contributed by atoms with van der Waals surface area (Å²) in [7, 11) is -1.75. The first kappa shape index (κ1) is 27.0. The van der Waals surface area contributed by atoms with Crippen molar-refractivity contribution in [3.63, 3.8) is 0 Å². The van der Waals surface area contributed by atoms with Crippen LogP contribution in [0, 0.1) is 0 Å². The molecule has 4 rings (SSSR count). The molecule has 2 unspecified atom stereocenters. The normalized spacial score (nSPS) is 17.7. The number of hydrogen-bond acceptors (Lipinski definition) is 5. The Bertz CT molecular complexity index is 1400. The van der Waals surface area contributed by atoms with E-state index in [1.165, 1.54) is 16.5 Å². The number of nitrogens with one attached hydrogen (secondary N) is 1. The fourth-order valence-corrected chi connectivity index (χ4v) is 7.11. The minimum Gasteiger partial charge on any atom is -0.367 e. The minimum absolute atomic E-state index is 0.0422. The van der Waals surface area contributed by atoms with Crippen molar-refractivity contribution in [1.82, 2.24) is 18.9 Å². The lowest BCUT2D eigenvalue weighted by atomic mass is 10.0. The Morgan fingerprint density at radius 1 is 1.31 bits per heavy atom. The standard InChI is InChI=1S/C24H27BCl3N5O2S/c1-3-19(27)22(12-15(2)26)36(34,35)32-10-8-16(9-11-32)30-23-13-21(17-6-4-5-7-20(17)28)31-24-18(25)14-29-33(23)24/h3-7,12-14,16,19,22,30H,1,8-11,25H2,2H3/b15-12+. The number of halogens is 3. The van der Waals surface area contributed by atoms with Gasteiger partial charge in [-0.1, -0.05) is 47.5 Å². The largest absolute Gasteiger partial charge is 0.367 e. The van der Waals surface area contributed by atoms with Crippen molar-refractivity contribution < 1.29 is 8.42 Å². The van der Waals surface area contributed by atoms with Crippen LogP contribution in [0.3, 0.4) is 0 Å². The molecule has 0 spiro atoms. The molecule has 1 N–H and O–H groups in total. The van der Waals surface area contributed by atoms with E-state index >= 15 is 0 Å². The van der Waals surface area contributed by atoms with Gasteiger partial charge in [-0.15, -0.1) is 18.2 Å². The van der Waals surface area contributed by atoms with Gasteiger partial charge in [0.15, 0.2) is 5.65 Å². The highest BCUT2D eigenvalue weighted by Crippen LogP contribution is 2.30. The average Bonchev–Trinajstić information content (AvgIpc) is 3.23. The molecule has 7 nitrogen and oxygen atoms in total. The highest BCUT2D eigenvalue weighted by molar-refractivity contribution is 7.90. The minimum atomic E-state index is -3.71. The molecule has 1 fully saturated rings. The van der Waals surface area contributed by atoms with E-state index in [1.807, 2.05) is 38.2 Å². The Kier molecular flexibility index (Phi) is 8.37. The summed E-state index contributed by atoms with van der Waals surface area (Å²) in [4.78, 5) is 4.78. The molecular formula is C24H27BCl3N5O2S. The summed E-state index contributed by atoms with van der Waals surface area (Å²) in [5, 5.41) is 7.28. The second kappa shape index (κ2) is 11.1. The second-order valence-corrected chi connectivity index (χ2v) is 12.4. The quantitative estimate of drug-likeness (QED) is 0.255. The van der Waals surface area contributed by atoms with Gasteiger partial charge in [0.1, 0.15) is 18.9 Å². The van der Waals surface area contributed by atoms with Crippen LogP contribution in [0.15, 0.2) is 60.3 Å². The van der Waals surface area contributed by atoms with Gasteiger partial charge in [-0.2, -0.15) is 9.61 Å². The number of allylic oxidation sites excluding steroid dienone is 2. The lowest BCUT2D eigenvalue weighted by Gasteiger charge is -2.34. The van der Waals surface area contributed by atoms with Gasteiger partial charge >= 0.3 is 0 Å². The first-order chi connectivity index (χ1) is 17.1. The summed E-state index contributed by atoms with van der Waals surface area (Å²) in [5.41, 5.74) is 3.25. The van der Waals surface area contributed by atoms with Gasteiger partial charge < -0.3 is 5.32 Å². The van der Waals surface area contributed by atoms with Crippen LogP contribution >= 0.6 is 34.8 Å². The van der Waals surface area contributed by atoms with Crippen molar-refractivity contribution in [1.29, 1.82) is 0 Å². The number of piperidine rings is 1. The van der Waals surface area contributed by atoms with Gasteiger partial charge in [-0.3, -0.25) is 0 Å². The Labute approximate surface area is 227 Å². The van der Waals surface area contributed by atoms with Gasteiger partial charge in [0.25, 0.3) is 0 Å². The monoisotopic (exact) mass is 565 g/mol. The van der Waals surface area contributed by atoms with Crippen molar-refractivity contribution >= 4 is 69.6 Å². The van der Waals surface area contributed by atoms with E-state index in [9.17, 15) is 8.42 Å². The molecule has 2 atom stereocenters. The third-order valence-electron chi connectivity index (χ3n) is 6.24. The maximum absolute atomic E-state index is 13.3. The van der Waals surface area contributed by atoms with Gasteiger partial charge in [0, 0.05) is 47.0 Å². The summed E-state index contributed by atoms with van der Waals surface area (Å²) < 4.78 is 29.9. The fraction of sp³-hybridized carbons (Fsp3) is 0.333. The molecule has 0 radical (unpaired) electrons. The van der Waals surface area contributed by atoms with Crippen molar-refractivity contribution in [3.05, 3.63) is 65.3 Å². The Morgan fingerprint density at radius 2 is 2.00 bits per heavy atom. The maximum atomic E-state index is 13.3. The molecule has 1 aromatic carbocycles. The molecule has 0 amide bonds. The number of rotatable bonds is 8. The number of hydrogen-bond donors (Lipinski definition) is 1. The molecule has 3 aromatic rings. The Hall–Kier alpha value is -2.04. The molecule has 2 aromatic heterocycles. The average molecular weight is 567 g/mol. The highest BCUT2D eigenvalue weighted by atomic mass is 35.5. The predicted molar refractivity (Wildman–Crippen MR) is 152 cm³/mol. The summed E-state index contributed by atoms with van der Waals surface area (Å²) in [6, 6.07) is 9.54. The van der Waals surface area contributed by atoms with E-state index in [0.29, 0.717) is 36.0 Å². The third kappa shape index (κ3) is 5.60. The summed E-state index contributed by atoms with van der Waals surface area (Å²) in [5.74, 6) is 0.774. The molecule has 0 bridgehead atoms. The molecule has 3 heterocycles. The Balaban J connectivity index is 1.56. The van der Waals surface area contributed by atoms with E-state index in [-0.39, 0.29) is 6.04 Å². The fourth-order valence-electron chi connectivity index (χ4n) is 4.32. The van der Waals surface area contributed by atoms with Crippen molar-refractivity contribution in [2.45, 2.75) is 36.4 Å².